The second-order valence-corrected chi connectivity index (χ2v) is 12.0. The van der Waals surface area contributed by atoms with E-state index in [4.69, 9.17) is 18.6 Å². The molecule has 0 radical (unpaired) electrons. The zero-order valence-electron chi connectivity index (χ0n) is 24.4. The van der Waals surface area contributed by atoms with Gasteiger partial charge in [-0.15, -0.1) is 0 Å². The predicted molar refractivity (Wildman–Crippen MR) is 156 cm³/mol. The largest absolute Gasteiger partial charge is 0.511 e. The third-order valence-electron chi connectivity index (χ3n) is 6.74. The van der Waals surface area contributed by atoms with Gasteiger partial charge >= 0.3 is 7.82 Å². The summed E-state index contributed by atoms with van der Waals surface area (Å²) in [5.74, 6) is 0.482. The highest BCUT2D eigenvalue weighted by molar-refractivity contribution is 7.48. The zero-order chi connectivity index (χ0) is 26.9. The first kappa shape index (κ1) is 34.2. The van der Waals surface area contributed by atoms with E-state index < -0.39 is 7.82 Å². The van der Waals surface area contributed by atoms with Crippen molar-refractivity contribution in [3.8, 4) is 5.75 Å². The van der Waals surface area contributed by atoms with Crippen molar-refractivity contribution in [2.24, 2.45) is 0 Å². The van der Waals surface area contributed by atoms with Crippen LogP contribution in [0.1, 0.15) is 148 Å². The Kier molecular flexibility index (Phi) is 22.3. The fourth-order valence-electron chi connectivity index (χ4n) is 4.29. The van der Waals surface area contributed by atoms with E-state index in [1.807, 2.05) is 19.1 Å². The van der Waals surface area contributed by atoms with Gasteiger partial charge in [0.15, 0.2) is 5.75 Å². The molecule has 37 heavy (non-hydrogen) atoms. The summed E-state index contributed by atoms with van der Waals surface area (Å²) >= 11 is 0. The molecule has 0 unspecified atom stereocenters. The molecular weight excluding hydrogens is 483 g/mol. The van der Waals surface area contributed by atoms with E-state index in [1.54, 1.807) is 12.1 Å². The van der Waals surface area contributed by atoms with Crippen molar-refractivity contribution in [1.29, 1.82) is 0 Å². The van der Waals surface area contributed by atoms with E-state index in [-0.39, 0.29) is 0 Å². The maximum atomic E-state index is 13.2. The highest BCUT2D eigenvalue weighted by Crippen LogP contribution is 2.50. The fraction of sp³-hybridized carbons (Fsp3) is 0.806. The van der Waals surface area contributed by atoms with Crippen LogP contribution >= 0.6 is 7.82 Å². The monoisotopic (exact) mass is 540 g/mol. The van der Waals surface area contributed by atoms with Gasteiger partial charge in [0.25, 0.3) is 0 Å². The Hall–Kier alpha value is -0.870. The minimum absolute atomic E-state index is 0.350. The molecule has 5 nitrogen and oxygen atoms in total. The van der Waals surface area contributed by atoms with Gasteiger partial charge in [0.05, 0.1) is 13.2 Å². The van der Waals surface area contributed by atoms with E-state index in [2.05, 4.69) is 13.8 Å². The SMILES string of the molecule is CCCCCCCCCCCCOP(=O)(OCCCCCCCCCCCC)OOc1ccc(C)cc1. The number of unbranched alkanes of at least 4 members (excludes halogenated alkanes) is 18. The van der Waals surface area contributed by atoms with E-state index in [1.165, 1.54) is 103 Å². The second kappa shape index (κ2) is 24.2. The van der Waals surface area contributed by atoms with Crippen molar-refractivity contribution in [3.63, 3.8) is 0 Å². The van der Waals surface area contributed by atoms with Crippen LogP contribution in [0.25, 0.3) is 0 Å². The molecule has 1 aromatic rings. The molecule has 0 aliphatic carbocycles. The van der Waals surface area contributed by atoms with E-state index in [9.17, 15) is 4.57 Å². The molecule has 0 fully saturated rings. The summed E-state index contributed by atoms with van der Waals surface area (Å²) in [7, 11) is -3.77. The maximum absolute atomic E-state index is 13.2. The summed E-state index contributed by atoms with van der Waals surface area (Å²) < 4.78 is 29.7. The number of hydrogen-bond donors (Lipinski definition) is 0. The number of phosphoric ester groups is 1. The van der Waals surface area contributed by atoms with Crippen LogP contribution in [0.2, 0.25) is 0 Å². The summed E-state index contributed by atoms with van der Waals surface area (Å²) in [5, 5.41) is 0. The lowest BCUT2D eigenvalue weighted by molar-refractivity contribution is -0.132. The van der Waals surface area contributed by atoms with Gasteiger partial charge in [-0.25, -0.2) is 4.57 Å². The van der Waals surface area contributed by atoms with Crippen LogP contribution in [0.15, 0.2) is 24.3 Å². The van der Waals surface area contributed by atoms with E-state index in [0.717, 1.165) is 31.2 Å². The summed E-state index contributed by atoms with van der Waals surface area (Å²) in [6.07, 6.45) is 24.7. The average Bonchev–Trinajstić information content (AvgIpc) is 2.90. The van der Waals surface area contributed by atoms with Gasteiger partial charge in [-0.3, -0.25) is 9.05 Å². The molecule has 1 rings (SSSR count). The molecule has 0 aromatic heterocycles. The number of aryl methyl sites for hydroxylation is 1. The lowest BCUT2D eigenvalue weighted by atomic mass is 10.1. The quantitative estimate of drug-likeness (QED) is 0.0481. The van der Waals surface area contributed by atoms with E-state index >= 15 is 0 Å². The topological polar surface area (TPSA) is 54.0 Å². The van der Waals surface area contributed by atoms with Crippen molar-refractivity contribution in [3.05, 3.63) is 29.8 Å². The lowest BCUT2D eigenvalue weighted by Crippen LogP contribution is -2.05. The van der Waals surface area contributed by atoms with Crippen molar-refractivity contribution < 1.29 is 23.2 Å². The van der Waals surface area contributed by atoms with Crippen molar-refractivity contribution in [2.45, 2.75) is 149 Å². The van der Waals surface area contributed by atoms with Gasteiger partial charge < -0.3 is 4.89 Å². The predicted octanol–water partition coefficient (Wildman–Crippen LogP) is 11.3. The molecular formula is C31H57O5P. The minimum atomic E-state index is -3.77. The summed E-state index contributed by atoms with van der Waals surface area (Å²) in [6, 6.07) is 7.40. The van der Waals surface area contributed by atoms with E-state index in [0.29, 0.717) is 19.0 Å². The normalized spacial score (nSPS) is 11.8. The minimum Gasteiger partial charge on any atom is -0.327 e. The maximum Gasteiger partial charge on any atom is 0.511 e. The highest BCUT2D eigenvalue weighted by atomic mass is 31.2. The van der Waals surface area contributed by atoms with Crippen LogP contribution in [-0.4, -0.2) is 13.2 Å². The molecule has 0 N–H and O–H groups in total. The van der Waals surface area contributed by atoms with Gasteiger partial charge in [0.1, 0.15) is 0 Å². The average molecular weight is 541 g/mol. The molecule has 216 valence electrons. The number of phosphoric acid groups is 1. The van der Waals surface area contributed by atoms with Gasteiger partial charge in [-0.2, -0.15) is 0 Å². The summed E-state index contributed by atoms with van der Waals surface area (Å²) in [4.78, 5) is 5.31. The summed E-state index contributed by atoms with van der Waals surface area (Å²) in [5.41, 5.74) is 1.12. The molecule has 0 spiro atoms. The molecule has 0 heterocycles. The molecule has 0 atom stereocenters. The molecule has 1 aromatic carbocycles. The van der Waals surface area contributed by atoms with Crippen LogP contribution < -0.4 is 4.89 Å². The Morgan fingerprint density at radius 2 is 0.892 bits per heavy atom. The summed E-state index contributed by atoms with van der Waals surface area (Å²) in [6.45, 7) is 7.21. The second-order valence-electron chi connectivity index (χ2n) is 10.4. The first-order valence-electron chi connectivity index (χ1n) is 15.4. The number of hydrogen-bond acceptors (Lipinski definition) is 5. The van der Waals surface area contributed by atoms with Crippen LogP contribution in [0, 0.1) is 6.92 Å². The van der Waals surface area contributed by atoms with Crippen molar-refractivity contribution in [2.75, 3.05) is 13.2 Å². The Bertz CT molecular complexity index is 634. The van der Waals surface area contributed by atoms with Crippen LogP contribution in [0.5, 0.6) is 5.75 Å². The van der Waals surface area contributed by atoms with Crippen LogP contribution in [0.4, 0.5) is 0 Å². The lowest BCUT2D eigenvalue weighted by Gasteiger charge is -2.17. The molecule has 0 aliphatic rings. The molecule has 0 bridgehead atoms. The zero-order valence-corrected chi connectivity index (χ0v) is 25.2. The third-order valence-corrected chi connectivity index (χ3v) is 8.00. The fourth-order valence-corrected chi connectivity index (χ4v) is 5.34. The Morgan fingerprint density at radius 3 is 1.27 bits per heavy atom. The highest BCUT2D eigenvalue weighted by Gasteiger charge is 2.29. The molecule has 0 saturated carbocycles. The molecule has 6 heteroatoms. The molecule has 0 amide bonds. The van der Waals surface area contributed by atoms with Crippen LogP contribution in [0.3, 0.4) is 0 Å². The standard InChI is InChI=1S/C31H57O5P/c1-4-6-8-10-12-14-16-18-20-22-28-33-37(32,36-35-31-26-24-30(3)25-27-31)34-29-23-21-19-17-15-13-11-9-7-5-2/h24-27H,4-23,28-29H2,1-3H3. The van der Waals surface area contributed by atoms with Gasteiger partial charge in [0.2, 0.25) is 0 Å². The first-order chi connectivity index (χ1) is 18.1. The van der Waals surface area contributed by atoms with Crippen LogP contribution in [-0.2, 0) is 18.3 Å². The molecule has 0 saturated heterocycles. The van der Waals surface area contributed by atoms with Crippen molar-refractivity contribution in [1.82, 2.24) is 0 Å². The van der Waals surface area contributed by atoms with Gasteiger partial charge in [-0.1, -0.05) is 152 Å². The van der Waals surface area contributed by atoms with Gasteiger partial charge in [0, 0.05) is 0 Å². The van der Waals surface area contributed by atoms with Gasteiger partial charge in [-0.05, 0) is 31.9 Å². The number of benzene rings is 1. The Balaban J connectivity index is 2.25. The third kappa shape index (κ3) is 20.7. The molecule has 0 aliphatic heterocycles. The first-order valence-corrected chi connectivity index (χ1v) is 16.9. The smallest absolute Gasteiger partial charge is 0.327 e. The Morgan fingerprint density at radius 1 is 0.541 bits per heavy atom. The van der Waals surface area contributed by atoms with Crippen molar-refractivity contribution >= 4 is 7.82 Å². The number of rotatable bonds is 27. The Labute approximate surface area is 228 Å².